The fourth-order valence-corrected chi connectivity index (χ4v) is 2.50. The predicted molar refractivity (Wildman–Crippen MR) is 91.9 cm³/mol. The summed E-state index contributed by atoms with van der Waals surface area (Å²) in [6.07, 6.45) is 6.59. The van der Waals surface area contributed by atoms with Crippen LogP contribution in [0.5, 0.6) is 5.75 Å². The molecule has 0 bridgehead atoms. The molecule has 3 heterocycles. The Balaban J connectivity index is 1.71. The topological polar surface area (TPSA) is 81.0 Å². The first-order valence-corrected chi connectivity index (χ1v) is 7.33. The van der Waals surface area contributed by atoms with Gasteiger partial charge >= 0.3 is 0 Å². The molecule has 0 atom stereocenters. The van der Waals surface area contributed by atoms with Crippen LogP contribution in [-0.2, 0) is 0 Å². The maximum absolute atomic E-state index is 12.0. The zero-order valence-electron chi connectivity index (χ0n) is 12.8. The lowest BCUT2D eigenvalue weighted by molar-refractivity contribution is 0.415. The van der Waals surface area contributed by atoms with Gasteiger partial charge in [0.2, 0.25) is 0 Å². The van der Waals surface area contributed by atoms with E-state index in [-0.39, 0.29) is 5.56 Å². The van der Waals surface area contributed by atoms with Crippen LogP contribution in [0.2, 0.25) is 0 Å². The molecule has 0 saturated heterocycles. The number of H-pyrrole nitrogens is 1. The molecule has 0 aliphatic rings. The standard InChI is InChI=1S/C18H13N3O3/c1-23-12-2-4-16-11(8-12)9-13(24-16)3-5-17-20-15-10-19-7-6-14(15)18(22)21-17/h2-10H,1H3,(H,20,21,22)/b5-3+. The number of aromatic nitrogens is 3. The van der Waals surface area contributed by atoms with Gasteiger partial charge in [-0.1, -0.05) is 0 Å². The van der Waals surface area contributed by atoms with Crippen molar-refractivity contribution in [3.05, 3.63) is 64.7 Å². The van der Waals surface area contributed by atoms with Crippen molar-refractivity contribution in [3.63, 3.8) is 0 Å². The average molecular weight is 319 g/mol. The number of hydrogen-bond acceptors (Lipinski definition) is 5. The summed E-state index contributed by atoms with van der Waals surface area (Å²) in [7, 11) is 1.62. The molecule has 0 unspecified atom stereocenters. The monoisotopic (exact) mass is 319 g/mol. The third-order valence-corrected chi connectivity index (χ3v) is 3.68. The lowest BCUT2D eigenvalue weighted by atomic mass is 10.2. The summed E-state index contributed by atoms with van der Waals surface area (Å²) in [4.78, 5) is 23.1. The second kappa shape index (κ2) is 5.66. The van der Waals surface area contributed by atoms with E-state index in [9.17, 15) is 4.79 Å². The molecular formula is C18H13N3O3. The number of fused-ring (bicyclic) bond motifs is 2. The molecule has 6 nitrogen and oxygen atoms in total. The molecule has 0 radical (unpaired) electrons. The van der Waals surface area contributed by atoms with Crippen LogP contribution in [0, 0.1) is 0 Å². The van der Waals surface area contributed by atoms with Crippen molar-refractivity contribution >= 4 is 34.0 Å². The van der Waals surface area contributed by atoms with Gasteiger partial charge in [0.25, 0.3) is 5.56 Å². The van der Waals surface area contributed by atoms with Gasteiger partial charge in [0, 0.05) is 11.6 Å². The molecule has 0 spiro atoms. The number of furan rings is 1. The molecular weight excluding hydrogens is 306 g/mol. The van der Waals surface area contributed by atoms with Gasteiger partial charge in [-0.25, -0.2) is 4.98 Å². The number of hydrogen-bond donors (Lipinski definition) is 1. The van der Waals surface area contributed by atoms with Crippen molar-refractivity contribution in [2.24, 2.45) is 0 Å². The van der Waals surface area contributed by atoms with E-state index >= 15 is 0 Å². The average Bonchev–Trinajstić information content (AvgIpc) is 3.02. The summed E-state index contributed by atoms with van der Waals surface area (Å²) >= 11 is 0. The summed E-state index contributed by atoms with van der Waals surface area (Å²) in [6.45, 7) is 0. The summed E-state index contributed by atoms with van der Waals surface area (Å²) in [5, 5.41) is 1.45. The van der Waals surface area contributed by atoms with Crippen molar-refractivity contribution in [2.45, 2.75) is 0 Å². The number of methoxy groups -OCH3 is 1. The van der Waals surface area contributed by atoms with Crippen LogP contribution < -0.4 is 10.3 Å². The van der Waals surface area contributed by atoms with Crippen molar-refractivity contribution in [2.75, 3.05) is 7.11 Å². The maximum atomic E-state index is 12.0. The van der Waals surface area contributed by atoms with Crippen LogP contribution in [0.3, 0.4) is 0 Å². The predicted octanol–water partition coefficient (Wildman–Crippen LogP) is 3.24. The van der Waals surface area contributed by atoms with E-state index in [1.165, 1.54) is 0 Å². The fraction of sp³-hybridized carbons (Fsp3) is 0.0556. The molecule has 4 rings (SSSR count). The van der Waals surface area contributed by atoms with Crippen LogP contribution >= 0.6 is 0 Å². The van der Waals surface area contributed by atoms with Crippen molar-refractivity contribution in [1.29, 1.82) is 0 Å². The molecule has 4 aromatic rings. The van der Waals surface area contributed by atoms with Gasteiger partial charge in [-0.2, -0.15) is 0 Å². The fourth-order valence-electron chi connectivity index (χ4n) is 2.50. The number of benzene rings is 1. The number of pyridine rings is 1. The van der Waals surface area contributed by atoms with Crippen LogP contribution in [-0.4, -0.2) is 22.1 Å². The third kappa shape index (κ3) is 2.54. The Morgan fingerprint density at radius 1 is 1.21 bits per heavy atom. The van der Waals surface area contributed by atoms with Crippen molar-refractivity contribution in [1.82, 2.24) is 15.0 Å². The maximum Gasteiger partial charge on any atom is 0.259 e. The molecule has 0 saturated carbocycles. The molecule has 118 valence electrons. The van der Waals surface area contributed by atoms with Gasteiger partial charge in [-0.05, 0) is 42.5 Å². The van der Waals surface area contributed by atoms with E-state index < -0.39 is 0 Å². The minimum Gasteiger partial charge on any atom is -0.497 e. The summed E-state index contributed by atoms with van der Waals surface area (Å²) in [5.41, 5.74) is 1.12. The molecule has 0 fully saturated rings. The lowest BCUT2D eigenvalue weighted by Crippen LogP contribution is -2.09. The second-order valence-electron chi connectivity index (χ2n) is 5.23. The lowest BCUT2D eigenvalue weighted by Gasteiger charge is -1.97. The molecule has 24 heavy (non-hydrogen) atoms. The Morgan fingerprint density at radius 2 is 2.12 bits per heavy atom. The van der Waals surface area contributed by atoms with E-state index in [2.05, 4.69) is 15.0 Å². The largest absolute Gasteiger partial charge is 0.497 e. The van der Waals surface area contributed by atoms with Crippen molar-refractivity contribution in [3.8, 4) is 5.75 Å². The Morgan fingerprint density at radius 3 is 3.00 bits per heavy atom. The van der Waals surface area contributed by atoms with Crippen LogP contribution in [0.25, 0.3) is 34.0 Å². The normalized spacial score (nSPS) is 11.5. The molecule has 1 aromatic carbocycles. The first kappa shape index (κ1) is 14.2. The number of nitrogens with zero attached hydrogens (tertiary/aromatic N) is 2. The minimum atomic E-state index is -0.198. The zero-order chi connectivity index (χ0) is 16.5. The highest BCUT2D eigenvalue weighted by Gasteiger charge is 2.04. The number of aromatic amines is 1. The molecule has 0 amide bonds. The smallest absolute Gasteiger partial charge is 0.259 e. The van der Waals surface area contributed by atoms with Gasteiger partial charge in [-0.15, -0.1) is 0 Å². The van der Waals surface area contributed by atoms with Crippen LogP contribution in [0.1, 0.15) is 11.6 Å². The highest BCUT2D eigenvalue weighted by molar-refractivity contribution is 5.83. The summed E-state index contributed by atoms with van der Waals surface area (Å²) in [6, 6.07) is 9.14. The molecule has 0 aliphatic heterocycles. The quantitative estimate of drug-likeness (QED) is 0.627. The SMILES string of the molecule is COc1ccc2oc(/C=C/c3nc4cnccc4c(=O)[nH]3)cc2c1. The highest BCUT2D eigenvalue weighted by Crippen LogP contribution is 2.25. The van der Waals surface area contributed by atoms with E-state index in [1.54, 1.807) is 37.7 Å². The Labute approximate surface area is 136 Å². The molecule has 1 N–H and O–H groups in total. The molecule has 3 aromatic heterocycles. The summed E-state index contributed by atoms with van der Waals surface area (Å²) < 4.78 is 10.9. The number of rotatable bonds is 3. The van der Waals surface area contributed by atoms with Crippen LogP contribution in [0.15, 0.2) is 51.9 Å². The van der Waals surface area contributed by atoms with E-state index in [4.69, 9.17) is 9.15 Å². The Bertz CT molecular complexity index is 1130. The van der Waals surface area contributed by atoms with Crippen LogP contribution in [0.4, 0.5) is 0 Å². The van der Waals surface area contributed by atoms with Gasteiger partial charge in [0.05, 0.1) is 24.2 Å². The van der Waals surface area contributed by atoms with Gasteiger partial charge in [-0.3, -0.25) is 9.78 Å². The first-order valence-electron chi connectivity index (χ1n) is 7.33. The summed E-state index contributed by atoms with van der Waals surface area (Å²) in [5.74, 6) is 1.87. The number of ether oxygens (including phenoxy) is 1. The molecule has 0 aliphatic carbocycles. The van der Waals surface area contributed by atoms with E-state index in [0.717, 1.165) is 16.7 Å². The Hall–Kier alpha value is -3.41. The van der Waals surface area contributed by atoms with Gasteiger partial charge in [0.15, 0.2) is 0 Å². The van der Waals surface area contributed by atoms with E-state index in [0.29, 0.717) is 22.5 Å². The second-order valence-corrected chi connectivity index (χ2v) is 5.23. The Kier molecular flexibility index (Phi) is 3.35. The highest BCUT2D eigenvalue weighted by atomic mass is 16.5. The van der Waals surface area contributed by atoms with E-state index in [1.807, 2.05) is 24.3 Å². The first-order chi connectivity index (χ1) is 11.7. The molecule has 6 heteroatoms. The van der Waals surface area contributed by atoms with Gasteiger partial charge < -0.3 is 14.1 Å². The third-order valence-electron chi connectivity index (χ3n) is 3.68. The minimum absolute atomic E-state index is 0.198. The van der Waals surface area contributed by atoms with Crippen molar-refractivity contribution < 1.29 is 9.15 Å². The number of nitrogens with one attached hydrogen (secondary N) is 1. The van der Waals surface area contributed by atoms with Gasteiger partial charge in [0.1, 0.15) is 22.9 Å². The zero-order valence-corrected chi connectivity index (χ0v) is 12.8.